The molecule has 0 spiro atoms. The fourth-order valence-corrected chi connectivity index (χ4v) is 1.63. The van der Waals surface area contributed by atoms with Crippen LogP contribution in [0.25, 0.3) is 0 Å². The summed E-state index contributed by atoms with van der Waals surface area (Å²) in [4.78, 5) is 11.6. The number of hydrogen-bond acceptors (Lipinski definition) is 2. The van der Waals surface area contributed by atoms with Gasteiger partial charge in [0.05, 0.1) is 0 Å². The van der Waals surface area contributed by atoms with Crippen LogP contribution in [0.5, 0.6) is 0 Å². The van der Waals surface area contributed by atoms with Gasteiger partial charge in [0, 0.05) is 19.7 Å². The quantitative estimate of drug-likeness (QED) is 0.661. The van der Waals surface area contributed by atoms with Crippen LogP contribution in [0, 0.1) is 5.92 Å². The highest BCUT2D eigenvalue weighted by atomic mass is 16.1. The number of hydrogen-bond donors (Lipinski definition) is 0. The molecular formula is C10H14N2O. The van der Waals surface area contributed by atoms with E-state index < -0.39 is 0 Å². The Balaban J connectivity index is 1.96. The van der Waals surface area contributed by atoms with Crippen LogP contribution in [0.15, 0.2) is 12.3 Å². The van der Waals surface area contributed by atoms with E-state index >= 15 is 0 Å². The van der Waals surface area contributed by atoms with Gasteiger partial charge in [0.25, 0.3) is 0 Å². The molecule has 13 heavy (non-hydrogen) atoms. The molecule has 0 atom stereocenters. The summed E-state index contributed by atoms with van der Waals surface area (Å²) in [7, 11) is 1.83. The molecule has 3 nitrogen and oxygen atoms in total. The molecule has 0 N–H and O–H groups in total. The fourth-order valence-electron chi connectivity index (χ4n) is 1.63. The molecule has 3 heteroatoms. The van der Waals surface area contributed by atoms with Gasteiger partial charge in [-0.2, -0.15) is 5.10 Å². The molecule has 1 heterocycles. The highest BCUT2D eigenvalue weighted by Gasteiger charge is 2.22. The molecule has 0 saturated heterocycles. The maximum Gasteiger partial charge on any atom is 0.183 e. The van der Waals surface area contributed by atoms with Crippen molar-refractivity contribution >= 4 is 5.78 Å². The first-order valence-corrected chi connectivity index (χ1v) is 4.78. The van der Waals surface area contributed by atoms with Crippen LogP contribution in [0.4, 0.5) is 0 Å². The lowest BCUT2D eigenvalue weighted by Crippen LogP contribution is -2.16. The predicted molar refractivity (Wildman–Crippen MR) is 49.5 cm³/mol. The van der Waals surface area contributed by atoms with Gasteiger partial charge in [0.1, 0.15) is 5.69 Å². The highest BCUT2D eigenvalue weighted by molar-refractivity contribution is 5.94. The molecule has 0 aromatic carbocycles. The van der Waals surface area contributed by atoms with Crippen molar-refractivity contribution in [1.82, 2.24) is 9.78 Å². The van der Waals surface area contributed by atoms with Gasteiger partial charge < -0.3 is 0 Å². The third kappa shape index (κ3) is 1.79. The van der Waals surface area contributed by atoms with Crippen LogP contribution < -0.4 is 0 Å². The van der Waals surface area contributed by atoms with Gasteiger partial charge in [-0.1, -0.05) is 19.3 Å². The van der Waals surface area contributed by atoms with E-state index in [9.17, 15) is 4.79 Å². The Morgan fingerprint density at radius 2 is 2.46 bits per heavy atom. The van der Waals surface area contributed by atoms with Gasteiger partial charge in [-0.05, 0) is 12.0 Å². The molecule has 70 valence electrons. The van der Waals surface area contributed by atoms with Crippen molar-refractivity contribution in [3.8, 4) is 0 Å². The molecule has 1 aliphatic carbocycles. The normalized spacial score (nSPS) is 17.0. The van der Waals surface area contributed by atoms with Crippen LogP contribution in [0.2, 0.25) is 0 Å². The van der Waals surface area contributed by atoms with Gasteiger partial charge in [-0.25, -0.2) is 0 Å². The Morgan fingerprint density at radius 1 is 1.69 bits per heavy atom. The lowest BCUT2D eigenvalue weighted by molar-refractivity contribution is 0.0931. The highest BCUT2D eigenvalue weighted by Crippen LogP contribution is 2.30. The zero-order chi connectivity index (χ0) is 9.26. The third-order valence-electron chi connectivity index (χ3n) is 2.70. The molecule has 1 saturated carbocycles. The number of nitrogens with zero attached hydrogens (tertiary/aromatic N) is 2. The molecule has 1 aromatic rings. The standard InChI is InChI=1S/C10H14N2O/c1-12-6-5-9(11-12)10(13)7-8-3-2-4-8/h5-6,8H,2-4,7H2,1H3. The fraction of sp³-hybridized carbons (Fsp3) is 0.600. The summed E-state index contributed by atoms with van der Waals surface area (Å²) in [5.41, 5.74) is 0.620. The van der Waals surface area contributed by atoms with E-state index in [4.69, 9.17) is 0 Å². The minimum atomic E-state index is 0.199. The van der Waals surface area contributed by atoms with Crippen LogP contribution >= 0.6 is 0 Å². The lowest BCUT2D eigenvalue weighted by Gasteiger charge is -2.23. The second kappa shape index (κ2) is 3.32. The largest absolute Gasteiger partial charge is 0.292 e. The molecule has 2 rings (SSSR count). The Hall–Kier alpha value is -1.12. The summed E-state index contributed by atoms with van der Waals surface area (Å²) >= 11 is 0. The molecule has 0 radical (unpaired) electrons. The summed E-state index contributed by atoms with van der Waals surface area (Å²) in [5.74, 6) is 0.833. The molecule has 1 fully saturated rings. The molecular weight excluding hydrogens is 164 g/mol. The van der Waals surface area contributed by atoms with Gasteiger partial charge in [0.2, 0.25) is 0 Å². The molecule has 0 unspecified atom stereocenters. The van der Waals surface area contributed by atoms with Crippen molar-refractivity contribution in [2.45, 2.75) is 25.7 Å². The van der Waals surface area contributed by atoms with E-state index in [1.807, 2.05) is 13.2 Å². The Morgan fingerprint density at radius 3 is 2.92 bits per heavy atom. The van der Waals surface area contributed by atoms with Crippen LogP contribution in [-0.2, 0) is 7.05 Å². The van der Waals surface area contributed by atoms with Crippen molar-refractivity contribution < 1.29 is 4.79 Å². The third-order valence-corrected chi connectivity index (χ3v) is 2.70. The molecule has 0 amide bonds. The summed E-state index contributed by atoms with van der Waals surface area (Å²) in [6.07, 6.45) is 6.24. The van der Waals surface area contributed by atoms with Crippen LogP contribution in [0.1, 0.15) is 36.2 Å². The number of aromatic nitrogens is 2. The Bertz CT molecular complexity index is 312. The maximum atomic E-state index is 11.6. The van der Waals surface area contributed by atoms with E-state index in [-0.39, 0.29) is 5.78 Å². The topological polar surface area (TPSA) is 34.9 Å². The van der Waals surface area contributed by atoms with Crippen LogP contribution in [0.3, 0.4) is 0 Å². The molecule has 1 aromatic heterocycles. The predicted octanol–water partition coefficient (Wildman–Crippen LogP) is 1.79. The van der Waals surface area contributed by atoms with Crippen LogP contribution in [-0.4, -0.2) is 15.6 Å². The minimum Gasteiger partial charge on any atom is -0.292 e. The van der Waals surface area contributed by atoms with Crippen molar-refractivity contribution in [3.63, 3.8) is 0 Å². The first kappa shape index (κ1) is 8.48. The zero-order valence-electron chi connectivity index (χ0n) is 7.86. The summed E-state index contributed by atoms with van der Waals surface area (Å²) < 4.78 is 1.67. The van der Waals surface area contributed by atoms with Crippen molar-refractivity contribution in [2.75, 3.05) is 0 Å². The second-order valence-electron chi connectivity index (χ2n) is 3.80. The maximum absolute atomic E-state index is 11.6. The number of ketones is 1. The second-order valence-corrected chi connectivity index (χ2v) is 3.80. The van der Waals surface area contributed by atoms with E-state index in [1.54, 1.807) is 10.7 Å². The average Bonchev–Trinajstić information content (AvgIpc) is 2.44. The number of aryl methyl sites for hydroxylation is 1. The monoisotopic (exact) mass is 178 g/mol. The molecule has 1 aliphatic rings. The molecule has 0 bridgehead atoms. The lowest BCUT2D eigenvalue weighted by atomic mass is 9.81. The van der Waals surface area contributed by atoms with E-state index in [1.165, 1.54) is 19.3 Å². The first-order chi connectivity index (χ1) is 6.25. The van der Waals surface area contributed by atoms with Crippen molar-refractivity contribution in [2.24, 2.45) is 13.0 Å². The smallest absolute Gasteiger partial charge is 0.183 e. The number of carbonyl (C=O) groups excluding carboxylic acids is 1. The number of rotatable bonds is 3. The average molecular weight is 178 g/mol. The van der Waals surface area contributed by atoms with Crippen molar-refractivity contribution in [3.05, 3.63) is 18.0 Å². The van der Waals surface area contributed by atoms with Gasteiger partial charge in [-0.15, -0.1) is 0 Å². The van der Waals surface area contributed by atoms with E-state index in [2.05, 4.69) is 5.10 Å². The Labute approximate surface area is 77.7 Å². The first-order valence-electron chi connectivity index (χ1n) is 4.78. The number of carbonyl (C=O) groups is 1. The SMILES string of the molecule is Cn1ccc(C(=O)CC2CCC2)n1. The Kier molecular flexibility index (Phi) is 2.17. The summed E-state index contributed by atoms with van der Waals surface area (Å²) in [5, 5.41) is 4.09. The van der Waals surface area contributed by atoms with Gasteiger partial charge in [0.15, 0.2) is 5.78 Å². The summed E-state index contributed by atoms with van der Waals surface area (Å²) in [6, 6.07) is 1.79. The van der Waals surface area contributed by atoms with Gasteiger partial charge >= 0.3 is 0 Å². The molecule has 0 aliphatic heterocycles. The minimum absolute atomic E-state index is 0.199. The number of Topliss-reactive ketones (excluding diaryl/α,β-unsaturated/α-hetero) is 1. The van der Waals surface area contributed by atoms with E-state index in [0.29, 0.717) is 18.0 Å². The summed E-state index contributed by atoms with van der Waals surface area (Å²) in [6.45, 7) is 0. The van der Waals surface area contributed by atoms with Crippen molar-refractivity contribution in [1.29, 1.82) is 0 Å². The van der Waals surface area contributed by atoms with Gasteiger partial charge in [-0.3, -0.25) is 9.48 Å². The van der Waals surface area contributed by atoms with E-state index in [0.717, 1.165) is 0 Å². The zero-order valence-corrected chi connectivity index (χ0v) is 7.86.